The van der Waals surface area contributed by atoms with Crippen molar-refractivity contribution in [3.63, 3.8) is 0 Å². The van der Waals surface area contributed by atoms with Crippen molar-refractivity contribution in [2.75, 3.05) is 0 Å². The summed E-state index contributed by atoms with van der Waals surface area (Å²) in [5.74, 6) is 1.31. The summed E-state index contributed by atoms with van der Waals surface area (Å²) in [6, 6.07) is 25.0. The van der Waals surface area contributed by atoms with E-state index in [4.69, 9.17) is 25.9 Å². The van der Waals surface area contributed by atoms with E-state index in [1.165, 1.54) is 22.3 Å². The minimum Gasteiger partial charge on any atom is -0.741 e. The summed E-state index contributed by atoms with van der Waals surface area (Å²) in [6.45, 7) is 16.9. The van der Waals surface area contributed by atoms with Crippen LogP contribution in [0.3, 0.4) is 0 Å². The molecule has 66 heavy (non-hydrogen) atoms. The number of alkyl halides is 6. The average Bonchev–Trinajstić information content (AvgIpc) is 4.06. The average molecular weight is 1140 g/mol. The molecule has 6 rings (SSSR count). The molecule has 0 N–H and O–H groups in total. The number of halogens is 6. The Kier molecular flexibility index (Phi) is 29.5. The van der Waals surface area contributed by atoms with Crippen LogP contribution in [-0.2, 0) is 59.2 Å². The molecule has 6 aromatic rings. The van der Waals surface area contributed by atoms with E-state index < -0.39 is 45.5 Å². The second-order valence-corrected chi connectivity index (χ2v) is 16.6. The summed E-state index contributed by atoms with van der Waals surface area (Å²) < 4.78 is 125. The van der Waals surface area contributed by atoms with Gasteiger partial charge in [0.15, 0.2) is 20.2 Å². The molecular formula is C38H50B2F6N10O6Ru2S2. The molecule has 4 heterocycles. The minimum absolute atomic E-state index is 0. The van der Waals surface area contributed by atoms with Crippen LogP contribution >= 0.6 is 0 Å². The van der Waals surface area contributed by atoms with Crippen LogP contribution < -0.4 is 0 Å². The van der Waals surface area contributed by atoms with Crippen LogP contribution in [0, 0.1) is 13.8 Å². The van der Waals surface area contributed by atoms with Gasteiger partial charge in [-0.25, -0.2) is 37.2 Å². The van der Waals surface area contributed by atoms with Crippen molar-refractivity contribution in [3.8, 4) is 0 Å². The van der Waals surface area contributed by atoms with Gasteiger partial charge in [-0.15, -0.1) is 0 Å². The molecule has 0 spiro atoms. The van der Waals surface area contributed by atoms with E-state index in [9.17, 15) is 26.3 Å². The number of hydrogen-bond acceptors (Lipinski definition) is 12. The fourth-order valence-electron chi connectivity index (χ4n) is 4.73. The molecule has 0 unspecified atom stereocenters. The molecule has 16 nitrogen and oxygen atoms in total. The number of aryl methyl sites for hydroxylation is 2. The van der Waals surface area contributed by atoms with Crippen LogP contribution in [0.4, 0.5) is 26.3 Å². The van der Waals surface area contributed by atoms with E-state index in [2.05, 4.69) is 120 Å². The predicted octanol–water partition coefficient (Wildman–Crippen LogP) is 6.90. The zero-order chi connectivity index (χ0) is 48.7. The molecule has 2 aromatic carbocycles. The van der Waals surface area contributed by atoms with Gasteiger partial charge in [0.1, 0.15) is 0 Å². The smallest absolute Gasteiger partial charge is 0.741 e. The molecule has 4 aromatic heterocycles. The Morgan fingerprint density at radius 1 is 0.530 bits per heavy atom. The number of aromatic nitrogens is 8. The van der Waals surface area contributed by atoms with E-state index in [0.29, 0.717) is 11.8 Å². The first kappa shape index (κ1) is 63.5. The van der Waals surface area contributed by atoms with Crippen LogP contribution in [0.1, 0.15) is 75.6 Å². The summed E-state index contributed by atoms with van der Waals surface area (Å²) in [4.78, 5) is 8.74. The van der Waals surface area contributed by atoms with Crippen molar-refractivity contribution in [3.05, 3.63) is 145 Å². The fourth-order valence-corrected chi connectivity index (χ4v) is 4.73. The van der Waals surface area contributed by atoms with Crippen molar-refractivity contribution < 1.29 is 91.2 Å². The van der Waals surface area contributed by atoms with Gasteiger partial charge >= 0.3 is 64.2 Å². The van der Waals surface area contributed by atoms with E-state index in [1.807, 2.05) is 81.3 Å². The van der Waals surface area contributed by atoms with Crippen molar-refractivity contribution in [1.29, 1.82) is 0 Å². The van der Waals surface area contributed by atoms with Gasteiger partial charge < -0.3 is 37.3 Å². The molecule has 0 atom stereocenters. The van der Waals surface area contributed by atoms with Gasteiger partial charge in [0, 0.05) is 24.8 Å². The Balaban J connectivity index is 0. The summed E-state index contributed by atoms with van der Waals surface area (Å²) in [6.07, 6.45) is 18.1. The Hall–Kier alpha value is -4.60. The maximum atomic E-state index is 10.7. The first-order valence-corrected chi connectivity index (χ1v) is 22.0. The van der Waals surface area contributed by atoms with Crippen LogP contribution in [0.5, 0.6) is 0 Å². The molecule has 0 aliphatic heterocycles. The molecule has 0 bridgehead atoms. The van der Waals surface area contributed by atoms with E-state index >= 15 is 0 Å². The molecular weight excluding hydrogens is 1090 g/mol. The molecule has 0 aliphatic carbocycles. The zero-order valence-electron chi connectivity index (χ0n) is 37.0. The number of benzene rings is 2. The van der Waals surface area contributed by atoms with Crippen molar-refractivity contribution in [1.82, 2.24) is 38.8 Å². The van der Waals surface area contributed by atoms with Crippen molar-refractivity contribution >= 4 is 46.9 Å². The number of rotatable bonds is 8. The molecule has 364 valence electrons. The van der Waals surface area contributed by atoms with Crippen LogP contribution in [0.25, 0.3) is 0 Å². The Morgan fingerprint density at radius 2 is 0.742 bits per heavy atom. The van der Waals surface area contributed by atoms with Gasteiger partial charge in [-0.1, -0.05) is 87.4 Å². The van der Waals surface area contributed by atoms with Gasteiger partial charge in [0.25, 0.3) is 0 Å². The standard InChI is InChI=1S/2C10H14.2C8H11BN5.2CHF3O3S.2Ru/c2*1-8(2)10-6-4-9(3)5-7-10;2*1-2-10-9(13-7-3-5-11-13)14-8-4-6-12-14;2*2-1(3,4)8(5,6)7;;/h2*4-8H,1-3H3;2*2-9H,1H3;2*(H,5,6,7);;/q;;2*-1;;;2*+2/p-2/b;;2*10-2+;;;;. The SMILES string of the molecule is C/C=N/[BH-](n1cccn1)n1cccn1.C/C=N/[BH-](n1cccn1)n1cccn1.Cc1ccc(C(C)C)cc1.Cc1ccc(C(C)C)cc1.O=S(=O)([O-])C(F)(F)F.O=S(=O)([O-])C(F)(F)F.[Ru+2].[Ru+2]. The Labute approximate surface area is 407 Å². The molecule has 28 heteroatoms. The second kappa shape index (κ2) is 30.6. The molecule has 0 radical (unpaired) electrons. The molecule has 0 amide bonds. The van der Waals surface area contributed by atoms with Crippen molar-refractivity contribution in [2.45, 2.75) is 78.2 Å². The van der Waals surface area contributed by atoms with Gasteiger partial charge in [-0.2, -0.15) is 26.3 Å². The largest absolute Gasteiger partial charge is 2.00 e. The summed E-state index contributed by atoms with van der Waals surface area (Å²) in [5.41, 5.74) is -5.77. The Bertz CT molecular complexity index is 2190. The summed E-state index contributed by atoms with van der Waals surface area (Å²) in [7, 11) is -14.4. The van der Waals surface area contributed by atoms with E-state index in [0.717, 1.165) is 0 Å². The van der Waals surface area contributed by atoms with Crippen LogP contribution in [-0.4, -0.2) is 102 Å². The minimum atomic E-state index is -6.09. The molecule has 0 fully saturated rings. The van der Waals surface area contributed by atoms with Crippen LogP contribution in [0.15, 0.2) is 132 Å². The first-order chi connectivity index (χ1) is 29.7. The van der Waals surface area contributed by atoms with Gasteiger partial charge in [-0.3, -0.25) is 0 Å². The molecule has 0 aliphatic rings. The quantitative estimate of drug-likeness (QED) is 0.0506. The predicted molar refractivity (Wildman–Crippen MR) is 235 cm³/mol. The number of hydrogen-bond donors (Lipinski definition) is 0. The third-order valence-corrected chi connectivity index (χ3v) is 9.28. The van der Waals surface area contributed by atoms with Gasteiger partial charge in [-0.05, 0) is 112 Å². The fraction of sp³-hybridized carbons (Fsp3) is 0.316. The topological polar surface area (TPSA) is 210 Å². The van der Waals surface area contributed by atoms with E-state index in [1.54, 1.807) is 37.2 Å². The normalized spacial score (nSPS) is 11.5. The molecule has 0 saturated heterocycles. The zero-order valence-corrected chi connectivity index (χ0v) is 42.1. The number of nitrogens with zero attached hydrogens (tertiary/aromatic N) is 10. The van der Waals surface area contributed by atoms with Gasteiger partial charge in [0.05, 0.1) is 0 Å². The maximum Gasteiger partial charge on any atom is 2.00 e. The summed E-state index contributed by atoms with van der Waals surface area (Å²) in [5, 5.41) is 16.7. The van der Waals surface area contributed by atoms with E-state index in [-0.39, 0.29) is 39.0 Å². The molecule has 0 saturated carbocycles. The third kappa shape index (κ3) is 24.2. The monoisotopic (exact) mass is 1150 g/mol. The summed E-state index contributed by atoms with van der Waals surface area (Å²) >= 11 is 0. The second-order valence-electron chi connectivity index (χ2n) is 13.8. The Morgan fingerprint density at radius 3 is 0.879 bits per heavy atom. The third-order valence-electron chi connectivity index (χ3n) is 8.14. The first-order valence-electron chi connectivity index (χ1n) is 19.2. The van der Waals surface area contributed by atoms with Crippen LogP contribution in [0.2, 0.25) is 0 Å². The van der Waals surface area contributed by atoms with Crippen molar-refractivity contribution in [2.24, 2.45) is 9.81 Å². The van der Waals surface area contributed by atoms with Gasteiger partial charge in [0.2, 0.25) is 0 Å². The maximum absolute atomic E-state index is 10.7.